The van der Waals surface area contributed by atoms with Crippen molar-refractivity contribution < 1.29 is 0 Å². The molecule has 0 heterocycles. The van der Waals surface area contributed by atoms with E-state index >= 15 is 0 Å². The summed E-state index contributed by atoms with van der Waals surface area (Å²) in [5.41, 5.74) is 17.1. The monoisotopic (exact) mass is 699 g/mol. The lowest BCUT2D eigenvalue weighted by Crippen LogP contribution is -2.37. The molecule has 0 saturated carbocycles. The largest absolute Gasteiger partial charge is 0.0770 e. The molecule has 6 rings (SSSR count). The molecule has 0 aromatic heterocycles. The highest BCUT2D eigenvalue weighted by Crippen LogP contribution is 2.54. The molecule has 282 valence electrons. The third-order valence-corrected chi connectivity index (χ3v) is 14.1. The van der Waals surface area contributed by atoms with E-state index in [-0.39, 0.29) is 21.7 Å². The van der Waals surface area contributed by atoms with Crippen LogP contribution in [0.2, 0.25) is 0 Å². The molecule has 4 aliphatic rings. The van der Waals surface area contributed by atoms with E-state index in [1.165, 1.54) is 103 Å². The Morgan fingerprint density at radius 1 is 0.365 bits per heavy atom. The van der Waals surface area contributed by atoms with Gasteiger partial charge in [-0.15, -0.1) is 0 Å². The van der Waals surface area contributed by atoms with Crippen LogP contribution >= 0.6 is 0 Å². The van der Waals surface area contributed by atoms with Crippen LogP contribution in [0.25, 0.3) is 11.1 Å². The second-order valence-corrected chi connectivity index (χ2v) is 17.8. The topological polar surface area (TPSA) is 0 Å². The van der Waals surface area contributed by atoms with Gasteiger partial charge >= 0.3 is 0 Å². The first kappa shape index (κ1) is 39.1. The van der Waals surface area contributed by atoms with Gasteiger partial charge in [-0.3, -0.25) is 0 Å². The van der Waals surface area contributed by atoms with Crippen LogP contribution < -0.4 is 0 Å². The number of benzene rings is 2. The molecule has 2 aromatic rings. The summed E-state index contributed by atoms with van der Waals surface area (Å²) in [4.78, 5) is 0. The average molecular weight is 699 g/mol. The van der Waals surface area contributed by atoms with Gasteiger partial charge in [-0.1, -0.05) is 167 Å². The maximum atomic E-state index is 2.74. The van der Waals surface area contributed by atoms with Gasteiger partial charge in [0.15, 0.2) is 0 Å². The van der Waals surface area contributed by atoms with E-state index in [0.29, 0.717) is 0 Å². The lowest BCUT2D eigenvalue weighted by Gasteiger charge is -2.45. The molecule has 0 heteroatoms. The predicted octanol–water partition coefficient (Wildman–Crippen LogP) is 15.5. The SMILES string of the molecule is CCCC1(CCC)C=CC(CCC)(CCC)c2cc3c(cc21)CC=C3CCC1=CCc2cc3c(cc21)C(CCC)(CCC)C=CC3(CCC)CCC. The molecule has 0 saturated heterocycles. The van der Waals surface area contributed by atoms with Crippen LogP contribution in [0.4, 0.5) is 0 Å². The van der Waals surface area contributed by atoms with Gasteiger partial charge < -0.3 is 0 Å². The van der Waals surface area contributed by atoms with Crippen molar-refractivity contribution in [2.45, 2.75) is 205 Å². The van der Waals surface area contributed by atoms with Crippen molar-refractivity contribution in [2.75, 3.05) is 0 Å². The standard InChI is InChI=1S/C52H74/c1-9-23-49(24-10-2)31-33-51(27-13-5,28-14-6)47-37-43-39(19-21-41(43)35-45(47)49)17-18-40-20-22-42-36-46-48(38-44(40)42)52(29-15-7,30-16-8)34-32-50(46,25-11-3)26-12-4/h19-20,31-38H,9-18,21-30H2,1-8H3. The fraction of sp³-hybridized carbons (Fsp3) is 0.615. The van der Waals surface area contributed by atoms with Crippen LogP contribution in [0.3, 0.4) is 0 Å². The van der Waals surface area contributed by atoms with Crippen molar-refractivity contribution >= 4 is 11.1 Å². The second-order valence-electron chi connectivity index (χ2n) is 17.8. The smallest absolute Gasteiger partial charge is 0.0135 e. The number of fused-ring (bicyclic) bond motifs is 4. The maximum Gasteiger partial charge on any atom is 0.0135 e. The van der Waals surface area contributed by atoms with Crippen molar-refractivity contribution in [2.24, 2.45) is 0 Å². The van der Waals surface area contributed by atoms with Crippen LogP contribution in [0.5, 0.6) is 0 Å². The Balaban J connectivity index is 1.35. The van der Waals surface area contributed by atoms with Crippen LogP contribution in [0, 0.1) is 0 Å². The molecule has 0 amide bonds. The van der Waals surface area contributed by atoms with Crippen molar-refractivity contribution in [3.63, 3.8) is 0 Å². The Morgan fingerprint density at radius 3 is 0.865 bits per heavy atom. The first-order valence-electron chi connectivity index (χ1n) is 22.4. The minimum absolute atomic E-state index is 0.182. The van der Waals surface area contributed by atoms with Gasteiger partial charge in [0.05, 0.1) is 0 Å². The van der Waals surface area contributed by atoms with Crippen molar-refractivity contribution in [1.82, 2.24) is 0 Å². The first-order valence-corrected chi connectivity index (χ1v) is 22.4. The van der Waals surface area contributed by atoms with E-state index in [4.69, 9.17) is 0 Å². The van der Waals surface area contributed by atoms with Crippen LogP contribution in [0.1, 0.15) is 215 Å². The highest BCUT2D eigenvalue weighted by Gasteiger charge is 2.44. The zero-order valence-electron chi connectivity index (χ0n) is 34.9. The summed E-state index contributed by atoms with van der Waals surface area (Å²) in [6.07, 6.45) is 40.6. The third kappa shape index (κ3) is 6.81. The van der Waals surface area contributed by atoms with E-state index in [0.717, 1.165) is 25.7 Å². The van der Waals surface area contributed by atoms with Gasteiger partial charge in [0.1, 0.15) is 0 Å². The summed E-state index contributed by atoms with van der Waals surface area (Å²) in [7, 11) is 0. The van der Waals surface area contributed by atoms with E-state index < -0.39 is 0 Å². The molecule has 0 aliphatic heterocycles. The van der Waals surface area contributed by atoms with E-state index in [2.05, 4.69) is 116 Å². The van der Waals surface area contributed by atoms with E-state index in [9.17, 15) is 0 Å². The van der Waals surface area contributed by atoms with Gasteiger partial charge in [0, 0.05) is 21.7 Å². The fourth-order valence-corrected chi connectivity index (χ4v) is 12.1. The Hall–Kier alpha value is -2.60. The molecular weight excluding hydrogens is 625 g/mol. The number of allylic oxidation sites excluding steroid dienone is 8. The molecular formula is C52H74. The van der Waals surface area contributed by atoms with E-state index in [1.807, 2.05) is 0 Å². The van der Waals surface area contributed by atoms with Gasteiger partial charge in [-0.2, -0.15) is 0 Å². The molecule has 2 aromatic carbocycles. The molecule has 0 unspecified atom stereocenters. The first-order chi connectivity index (χ1) is 25.3. The molecule has 0 nitrogen and oxygen atoms in total. The Morgan fingerprint density at radius 2 is 0.615 bits per heavy atom. The van der Waals surface area contributed by atoms with Gasteiger partial charge in [0.2, 0.25) is 0 Å². The highest BCUT2D eigenvalue weighted by molar-refractivity contribution is 5.80. The van der Waals surface area contributed by atoms with Crippen molar-refractivity contribution in [3.05, 3.63) is 105 Å². The van der Waals surface area contributed by atoms with Crippen molar-refractivity contribution in [1.29, 1.82) is 0 Å². The molecule has 0 radical (unpaired) electrons. The average Bonchev–Trinajstić information content (AvgIpc) is 3.73. The Bertz CT molecular complexity index is 1530. The lowest BCUT2D eigenvalue weighted by atomic mass is 9.59. The van der Waals surface area contributed by atoms with Crippen LogP contribution in [-0.4, -0.2) is 0 Å². The van der Waals surface area contributed by atoms with Crippen LogP contribution in [0.15, 0.2) is 60.7 Å². The fourth-order valence-electron chi connectivity index (χ4n) is 12.1. The van der Waals surface area contributed by atoms with Gasteiger partial charge in [-0.25, -0.2) is 0 Å². The predicted molar refractivity (Wildman–Crippen MR) is 230 cm³/mol. The molecule has 0 spiro atoms. The summed E-state index contributed by atoms with van der Waals surface area (Å²) in [5, 5.41) is 0. The maximum absolute atomic E-state index is 2.74. The minimum atomic E-state index is 0.182. The summed E-state index contributed by atoms with van der Waals surface area (Å²) in [6.45, 7) is 19.1. The summed E-state index contributed by atoms with van der Waals surface area (Å²) in [6, 6.07) is 10.9. The normalized spacial score (nSPS) is 19.5. The highest BCUT2D eigenvalue weighted by atomic mass is 14.5. The quantitative estimate of drug-likeness (QED) is 0.128. The minimum Gasteiger partial charge on any atom is -0.0770 e. The molecule has 0 bridgehead atoms. The third-order valence-electron chi connectivity index (χ3n) is 14.1. The van der Waals surface area contributed by atoms with Gasteiger partial charge in [0.25, 0.3) is 0 Å². The summed E-state index contributed by atoms with van der Waals surface area (Å²) < 4.78 is 0. The second kappa shape index (κ2) is 16.4. The zero-order chi connectivity index (χ0) is 37.0. The molecule has 0 fully saturated rings. The molecule has 0 N–H and O–H groups in total. The Labute approximate surface area is 320 Å². The number of hydrogen-bond acceptors (Lipinski definition) is 0. The van der Waals surface area contributed by atoms with Crippen LogP contribution in [-0.2, 0) is 34.5 Å². The molecule has 52 heavy (non-hydrogen) atoms. The summed E-state index contributed by atoms with van der Waals surface area (Å²) in [5.74, 6) is 0. The summed E-state index contributed by atoms with van der Waals surface area (Å²) >= 11 is 0. The number of rotatable bonds is 19. The molecule has 4 aliphatic carbocycles. The lowest BCUT2D eigenvalue weighted by molar-refractivity contribution is 0.374. The number of hydrogen-bond donors (Lipinski definition) is 0. The van der Waals surface area contributed by atoms with Gasteiger partial charge in [-0.05, 0) is 133 Å². The van der Waals surface area contributed by atoms with Crippen molar-refractivity contribution in [3.8, 4) is 0 Å². The van der Waals surface area contributed by atoms with E-state index in [1.54, 1.807) is 55.7 Å². The Kier molecular flexibility index (Phi) is 12.3. The molecule has 0 atom stereocenters. The zero-order valence-corrected chi connectivity index (χ0v) is 34.9.